The van der Waals surface area contributed by atoms with Gasteiger partial charge in [-0.05, 0) is 110 Å². The molecule has 3 saturated carbocycles. The van der Waals surface area contributed by atoms with Crippen molar-refractivity contribution < 1.29 is 25.0 Å². The molecule has 0 spiro atoms. The first-order chi connectivity index (χ1) is 17.2. The highest BCUT2D eigenvalue weighted by atomic mass is 16.6. The van der Waals surface area contributed by atoms with Crippen LogP contribution in [-0.4, -0.2) is 46.2 Å². The number of benzene rings is 1. The fourth-order valence-corrected chi connectivity index (χ4v) is 7.91. The van der Waals surface area contributed by atoms with Gasteiger partial charge in [-0.2, -0.15) is 0 Å². The molecule has 36 heavy (non-hydrogen) atoms. The van der Waals surface area contributed by atoms with Crippen molar-refractivity contribution in [1.82, 2.24) is 5.32 Å². The van der Waals surface area contributed by atoms with Crippen molar-refractivity contribution >= 4 is 11.6 Å². The van der Waals surface area contributed by atoms with Crippen LogP contribution in [-0.2, 0) is 16.1 Å². The van der Waals surface area contributed by atoms with Gasteiger partial charge in [-0.15, -0.1) is 0 Å². The van der Waals surface area contributed by atoms with E-state index in [0.29, 0.717) is 30.7 Å². The molecular weight excluding hydrogens is 456 g/mol. The summed E-state index contributed by atoms with van der Waals surface area (Å²) in [6.07, 6.45) is 11.3. The van der Waals surface area contributed by atoms with Crippen LogP contribution in [0, 0.1) is 28.6 Å². The van der Waals surface area contributed by atoms with E-state index in [-0.39, 0.29) is 40.9 Å². The van der Waals surface area contributed by atoms with Gasteiger partial charge in [0.05, 0.1) is 11.8 Å². The molecule has 4 aliphatic carbocycles. The average Bonchev–Trinajstić information content (AvgIpc) is 3.16. The molecule has 1 amide bonds. The fraction of sp³-hybridized carbons (Fsp3) is 0.655. The lowest BCUT2D eigenvalue weighted by Gasteiger charge is -2.57. The highest BCUT2D eigenvalue weighted by molar-refractivity contribution is 5.96. The van der Waals surface area contributed by atoms with Crippen LogP contribution in [0.2, 0.25) is 0 Å². The Morgan fingerprint density at radius 2 is 1.92 bits per heavy atom. The molecule has 0 aliphatic heterocycles. The molecule has 0 saturated heterocycles. The standard InChI is InChI=1S/C29H40N2O5/c1-28-12-9-20(31-36-17-27(35)30-14-11-18-3-7-24(32)25(33)15-18)16-19(28)4-5-21-22-6-8-26(34)29(22,2)13-10-23(21)28/h3,7,15-16,21-23,26,32-34H,4-6,8-14,17H2,1-2H3,(H,30,35)/t21-,22+,23-,26+,28+,29+/m1/s1. The largest absolute Gasteiger partial charge is 0.504 e. The zero-order chi connectivity index (χ0) is 25.5. The summed E-state index contributed by atoms with van der Waals surface area (Å²) in [6, 6.07) is 4.64. The number of amides is 1. The third-order valence-electron chi connectivity index (χ3n) is 10.1. The summed E-state index contributed by atoms with van der Waals surface area (Å²) in [5.74, 6) is 1.50. The van der Waals surface area contributed by atoms with E-state index >= 15 is 0 Å². The predicted molar refractivity (Wildman–Crippen MR) is 138 cm³/mol. The van der Waals surface area contributed by atoms with E-state index in [1.807, 2.05) is 0 Å². The number of oxime groups is 1. The van der Waals surface area contributed by atoms with Gasteiger partial charge >= 0.3 is 0 Å². The number of carbonyl (C=O) groups excluding carboxylic acids is 1. The Hall–Kier alpha value is -2.54. The number of aromatic hydroxyl groups is 2. The number of nitrogens with zero attached hydrogens (tertiary/aromatic N) is 1. The van der Waals surface area contributed by atoms with Gasteiger partial charge in [-0.25, -0.2) is 0 Å². The maximum absolute atomic E-state index is 12.1. The first-order valence-corrected chi connectivity index (χ1v) is 13.6. The number of carbonyl (C=O) groups is 1. The van der Waals surface area contributed by atoms with Crippen LogP contribution < -0.4 is 5.32 Å². The van der Waals surface area contributed by atoms with Gasteiger partial charge in [0.25, 0.3) is 5.91 Å². The van der Waals surface area contributed by atoms with Crippen molar-refractivity contribution in [3.8, 4) is 11.5 Å². The monoisotopic (exact) mass is 496 g/mol. The van der Waals surface area contributed by atoms with Gasteiger partial charge in [0, 0.05) is 6.54 Å². The number of aliphatic hydroxyl groups is 1. The second kappa shape index (κ2) is 9.73. The zero-order valence-corrected chi connectivity index (χ0v) is 21.5. The summed E-state index contributed by atoms with van der Waals surface area (Å²) in [7, 11) is 0. The van der Waals surface area contributed by atoms with Crippen molar-refractivity contribution in [1.29, 1.82) is 0 Å². The molecule has 0 aromatic heterocycles. The Labute approximate surface area is 213 Å². The molecule has 0 bridgehead atoms. The first kappa shape index (κ1) is 25.1. The molecule has 0 heterocycles. The quantitative estimate of drug-likeness (QED) is 0.343. The summed E-state index contributed by atoms with van der Waals surface area (Å²) >= 11 is 0. The van der Waals surface area contributed by atoms with Gasteiger partial charge in [-0.1, -0.05) is 30.6 Å². The van der Waals surface area contributed by atoms with Crippen molar-refractivity contribution in [2.24, 2.45) is 33.7 Å². The fourth-order valence-electron chi connectivity index (χ4n) is 7.91. The van der Waals surface area contributed by atoms with E-state index in [4.69, 9.17) is 4.84 Å². The lowest BCUT2D eigenvalue weighted by atomic mass is 9.47. The second-order valence-corrected chi connectivity index (χ2v) is 11.9. The van der Waals surface area contributed by atoms with Crippen LogP contribution in [0.4, 0.5) is 0 Å². The maximum Gasteiger partial charge on any atom is 0.260 e. The number of rotatable bonds is 6. The summed E-state index contributed by atoms with van der Waals surface area (Å²) in [6.45, 7) is 5.06. The Bertz CT molecular complexity index is 1070. The van der Waals surface area contributed by atoms with Gasteiger partial charge in [0.15, 0.2) is 18.1 Å². The molecule has 1 aromatic carbocycles. The Morgan fingerprint density at radius 1 is 1.08 bits per heavy atom. The van der Waals surface area contributed by atoms with Gasteiger partial charge < -0.3 is 25.5 Å². The zero-order valence-electron chi connectivity index (χ0n) is 21.5. The summed E-state index contributed by atoms with van der Waals surface area (Å²) in [4.78, 5) is 17.5. The smallest absolute Gasteiger partial charge is 0.260 e. The molecule has 6 atom stereocenters. The number of phenols is 2. The van der Waals surface area contributed by atoms with Crippen molar-refractivity contribution in [3.05, 3.63) is 35.4 Å². The number of hydrogen-bond acceptors (Lipinski definition) is 6. The van der Waals surface area contributed by atoms with Crippen LogP contribution in [0.3, 0.4) is 0 Å². The average molecular weight is 497 g/mol. The molecule has 7 nitrogen and oxygen atoms in total. The van der Waals surface area contributed by atoms with Crippen molar-refractivity contribution in [2.75, 3.05) is 13.2 Å². The van der Waals surface area contributed by atoms with Gasteiger partial charge in [-0.3, -0.25) is 4.79 Å². The van der Waals surface area contributed by atoms with Crippen molar-refractivity contribution in [3.63, 3.8) is 0 Å². The van der Waals surface area contributed by atoms with Gasteiger partial charge in [0.2, 0.25) is 0 Å². The molecular formula is C29H40N2O5. The third-order valence-corrected chi connectivity index (χ3v) is 10.1. The number of aliphatic hydroxyl groups excluding tert-OH is 1. The van der Waals surface area contributed by atoms with E-state index in [1.165, 1.54) is 37.0 Å². The second-order valence-electron chi connectivity index (χ2n) is 11.9. The molecule has 7 heteroatoms. The number of hydrogen-bond donors (Lipinski definition) is 4. The molecule has 0 unspecified atom stereocenters. The van der Waals surface area contributed by atoms with E-state index in [0.717, 1.165) is 43.4 Å². The normalized spacial score (nSPS) is 36.4. The topological polar surface area (TPSA) is 111 Å². The number of allylic oxidation sites excluding steroid dienone is 2. The Morgan fingerprint density at radius 3 is 2.72 bits per heavy atom. The summed E-state index contributed by atoms with van der Waals surface area (Å²) in [5.41, 5.74) is 3.55. The predicted octanol–water partition coefficient (Wildman–Crippen LogP) is 4.45. The van der Waals surface area contributed by atoms with Crippen LogP contribution in [0.25, 0.3) is 0 Å². The van der Waals surface area contributed by atoms with E-state index in [1.54, 1.807) is 6.07 Å². The van der Waals surface area contributed by atoms with Crippen LogP contribution in [0.15, 0.2) is 35.0 Å². The van der Waals surface area contributed by atoms with E-state index in [9.17, 15) is 20.1 Å². The van der Waals surface area contributed by atoms with E-state index < -0.39 is 0 Å². The number of phenolic OH excluding ortho intramolecular Hbond substituents is 2. The Kier molecular flexibility index (Phi) is 6.79. The molecule has 1 aromatic rings. The highest BCUT2D eigenvalue weighted by Crippen LogP contribution is 2.65. The molecule has 5 rings (SSSR count). The highest BCUT2D eigenvalue weighted by Gasteiger charge is 2.58. The molecule has 4 aliphatic rings. The van der Waals surface area contributed by atoms with Crippen LogP contribution in [0.5, 0.6) is 11.5 Å². The lowest BCUT2D eigenvalue weighted by molar-refractivity contribution is -0.125. The molecule has 0 radical (unpaired) electrons. The van der Waals surface area contributed by atoms with Crippen molar-refractivity contribution in [2.45, 2.75) is 77.7 Å². The Balaban J connectivity index is 1.13. The maximum atomic E-state index is 12.1. The minimum Gasteiger partial charge on any atom is -0.504 e. The summed E-state index contributed by atoms with van der Waals surface area (Å²) < 4.78 is 0. The summed E-state index contributed by atoms with van der Waals surface area (Å²) in [5, 5.41) is 36.7. The SMILES string of the molecule is C[C@]12CC[C@@H]3[C@H](CCC4=CC(=NOCC(=O)NCCc5ccc(O)c(O)c5)CC[C@@]43C)[C@@H]1CC[C@@H]2O. The number of nitrogens with one attached hydrogen (secondary N) is 1. The molecule has 4 N–H and O–H groups in total. The molecule has 196 valence electrons. The minimum atomic E-state index is -0.236. The minimum absolute atomic E-state index is 0.111. The van der Waals surface area contributed by atoms with Crippen LogP contribution in [0.1, 0.15) is 70.8 Å². The third kappa shape index (κ3) is 4.51. The lowest BCUT2D eigenvalue weighted by Crippen LogP contribution is -2.51. The first-order valence-electron chi connectivity index (χ1n) is 13.6. The van der Waals surface area contributed by atoms with Gasteiger partial charge in [0.1, 0.15) is 0 Å². The van der Waals surface area contributed by atoms with E-state index in [2.05, 4.69) is 30.4 Å². The van der Waals surface area contributed by atoms with Crippen LogP contribution >= 0.6 is 0 Å². The molecule has 3 fully saturated rings. The number of fused-ring (bicyclic) bond motifs is 5.